The molecule has 2 rings (SSSR count). The summed E-state index contributed by atoms with van der Waals surface area (Å²) in [5, 5.41) is 0. The van der Waals surface area contributed by atoms with Crippen molar-refractivity contribution < 1.29 is 4.74 Å². The lowest BCUT2D eigenvalue weighted by molar-refractivity contribution is -0.0537. The monoisotopic (exact) mass is 247 g/mol. The fraction of sp³-hybridized carbons (Fsp3) is 0.625. The molecule has 1 fully saturated rings. The summed E-state index contributed by atoms with van der Waals surface area (Å²) in [7, 11) is 0. The fourth-order valence-corrected chi connectivity index (χ4v) is 3.20. The van der Waals surface area contributed by atoms with Crippen molar-refractivity contribution in [3.63, 3.8) is 0 Å². The van der Waals surface area contributed by atoms with Gasteiger partial charge in [-0.3, -0.25) is 0 Å². The fourth-order valence-electron chi connectivity index (χ4n) is 3.20. The van der Waals surface area contributed by atoms with Crippen molar-refractivity contribution in [2.24, 2.45) is 5.73 Å². The topological polar surface area (TPSA) is 35.2 Å². The van der Waals surface area contributed by atoms with E-state index in [4.69, 9.17) is 10.5 Å². The van der Waals surface area contributed by atoms with Gasteiger partial charge in [-0.25, -0.2) is 0 Å². The van der Waals surface area contributed by atoms with Crippen LogP contribution in [0.4, 0.5) is 0 Å². The van der Waals surface area contributed by atoms with Crippen LogP contribution < -0.4 is 5.73 Å². The maximum Gasteiger partial charge on any atom is 0.0874 e. The van der Waals surface area contributed by atoms with Crippen molar-refractivity contribution in [3.05, 3.63) is 34.9 Å². The molecule has 0 radical (unpaired) electrons. The smallest absolute Gasteiger partial charge is 0.0874 e. The molecule has 2 N–H and O–H groups in total. The SMILES string of the molecule is CCOC1(C(N)c2cccc(C)c2C)CCCC1. The van der Waals surface area contributed by atoms with Gasteiger partial charge in [-0.1, -0.05) is 31.0 Å². The normalized spacial score (nSPS) is 20.0. The third-order valence-corrected chi connectivity index (χ3v) is 4.43. The Balaban J connectivity index is 2.33. The highest BCUT2D eigenvalue weighted by Gasteiger charge is 2.41. The number of ether oxygens (including phenoxy) is 1. The quantitative estimate of drug-likeness (QED) is 0.881. The van der Waals surface area contributed by atoms with Crippen LogP contribution >= 0.6 is 0 Å². The van der Waals surface area contributed by atoms with Crippen LogP contribution in [-0.4, -0.2) is 12.2 Å². The van der Waals surface area contributed by atoms with Crippen LogP contribution in [0.5, 0.6) is 0 Å². The van der Waals surface area contributed by atoms with Gasteiger partial charge >= 0.3 is 0 Å². The zero-order valence-electron chi connectivity index (χ0n) is 11.8. The van der Waals surface area contributed by atoms with E-state index in [1.54, 1.807) is 0 Å². The van der Waals surface area contributed by atoms with Crippen LogP contribution in [-0.2, 0) is 4.74 Å². The van der Waals surface area contributed by atoms with E-state index in [0.29, 0.717) is 0 Å². The summed E-state index contributed by atoms with van der Waals surface area (Å²) < 4.78 is 6.08. The zero-order chi connectivity index (χ0) is 13.2. The van der Waals surface area contributed by atoms with Crippen LogP contribution in [0.15, 0.2) is 18.2 Å². The van der Waals surface area contributed by atoms with Crippen molar-refractivity contribution in [2.45, 2.75) is 58.1 Å². The molecule has 0 spiro atoms. The molecule has 0 aromatic heterocycles. The van der Waals surface area contributed by atoms with E-state index in [2.05, 4.69) is 39.0 Å². The summed E-state index contributed by atoms with van der Waals surface area (Å²) in [4.78, 5) is 0. The van der Waals surface area contributed by atoms with Crippen LogP contribution in [0.1, 0.15) is 55.3 Å². The molecular formula is C16H25NO. The lowest BCUT2D eigenvalue weighted by atomic mass is 9.84. The maximum absolute atomic E-state index is 6.57. The Morgan fingerprint density at radius 3 is 2.56 bits per heavy atom. The minimum absolute atomic E-state index is 0.000139. The van der Waals surface area contributed by atoms with Gasteiger partial charge in [0.2, 0.25) is 0 Å². The van der Waals surface area contributed by atoms with Gasteiger partial charge in [-0.05, 0) is 50.3 Å². The molecule has 1 aromatic rings. The second kappa shape index (κ2) is 5.41. The van der Waals surface area contributed by atoms with Crippen molar-refractivity contribution in [2.75, 3.05) is 6.61 Å². The second-order valence-electron chi connectivity index (χ2n) is 5.47. The molecule has 0 heterocycles. The Bertz CT molecular complexity index is 408. The molecule has 1 atom stereocenters. The number of benzene rings is 1. The van der Waals surface area contributed by atoms with Crippen molar-refractivity contribution in [1.82, 2.24) is 0 Å². The number of hydrogen-bond donors (Lipinski definition) is 1. The molecule has 1 unspecified atom stereocenters. The maximum atomic E-state index is 6.57. The van der Waals surface area contributed by atoms with Crippen LogP contribution in [0.3, 0.4) is 0 Å². The summed E-state index contributed by atoms with van der Waals surface area (Å²) in [6, 6.07) is 6.41. The second-order valence-corrected chi connectivity index (χ2v) is 5.47. The minimum Gasteiger partial charge on any atom is -0.373 e. The zero-order valence-corrected chi connectivity index (χ0v) is 11.8. The Hall–Kier alpha value is -0.860. The molecule has 0 amide bonds. The highest BCUT2D eigenvalue weighted by Crippen LogP contribution is 2.42. The van der Waals surface area contributed by atoms with Gasteiger partial charge in [0.15, 0.2) is 0 Å². The molecule has 2 heteroatoms. The summed E-state index contributed by atoms with van der Waals surface area (Å²) in [6.45, 7) is 7.13. The Morgan fingerprint density at radius 1 is 1.28 bits per heavy atom. The van der Waals surface area contributed by atoms with E-state index < -0.39 is 0 Å². The van der Waals surface area contributed by atoms with Gasteiger partial charge in [-0.2, -0.15) is 0 Å². The highest BCUT2D eigenvalue weighted by molar-refractivity contribution is 5.36. The number of hydrogen-bond acceptors (Lipinski definition) is 2. The third-order valence-electron chi connectivity index (χ3n) is 4.43. The molecule has 1 aromatic carbocycles. The predicted octanol–water partition coefficient (Wildman–Crippen LogP) is 3.65. The van der Waals surface area contributed by atoms with E-state index in [-0.39, 0.29) is 11.6 Å². The standard InChI is InChI=1S/C16H25NO/c1-4-18-16(10-5-6-11-16)15(17)14-9-7-8-12(2)13(14)3/h7-9,15H,4-6,10-11,17H2,1-3H3. The third kappa shape index (κ3) is 2.32. The van der Waals surface area contributed by atoms with Crippen LogP contribution in [0, 0.1) is 13.8 Å². The van der Waals surface area contributed by atoms with E-state index in [9.17, 15) is 0 Å². The first-order chi connectivity index (χ1) is 8.60. The molecule has 1 aliphatic carbocycles. The summed E-state index contributed by atoms with van der Waals surface area (Å²) >= 11 is 0. The van der Waals surface area contributed by atoms with Gasteiger partial charge < -0.3 is 10.5 Å². The van der Waals surface area contributed by atoms with Gasteiger partial charge in [0.1, 0.15) is 0 Å². The van der Waals surface area contributed by atoms with Gasteiger partial charge in [-0.15, -0.1) is 0 Å². The van der Waals surface area contributed by atoms with Gasteiger partial charge in [0.25, 0.3) is 0 Å². The predicted molar refractivity (Wildman–Crippen MR) is 75.7 cm³/mol. The lowest BCUT2D eigenvalue weighted by Crippen LogP contribution is -2.41. The molecule has 0 saturated heterocycles. The lowest BCUT2D eigenvalue weighted by Gasteiger charge is -2.36. The molecule has 1 saturated carbocycles. The number of aryl methyl sites for hydroxylation is 1. The number of nitrogens with two attached hydrogens (primary N) is 1. The first kappa shape index (κ1) is 13.6. The average Bonchev–Trinajstić information content (AvgIpc) is 2.82. The summed E-state index contributed by atoms with van der Waals surface area (Å²) in [5.74, 6) is 0. The van der Waals surface area contributed by atoms with Crippen molar-refractivity contribution in [1.29, 1.82) is 0 Å². The molecule has 1 aliphatic rings. The van der Waals surface area contributed by atoms with E-state index in [1.807, 2.05) is 0 Å². The molecule has 0 aliphatic heterocycles. The molecule has 18 heavy (non-hydrogen) atoms. The van der Waals surface area contributed by atoms with Gasteiger partial charge in [0, 0.05) is 6.61 Å². The average molecular weight is 247 g/mol. The largest absolute Gasteiger partial charge is 0.373 e. The molecular weight excluding hydrogens is 222 g/mol. The first-order valence-corrected chi connectivity index (χ1v) is 7.06. The highest BCUT2D eigenvalue weighted by atomic mass is 16.5. The van der Waals surface area contributed by atoms with E-state index >= 15 is 0 Å². The van der Waals surface area contributed by atoms with E-state index in [1.165, 1.54) is 29.5 Å². The Labute approximate surface area is 111 Å². The molecule has 0 bridgehead atoms. The van der Waals surface area contributed by atoms with E-state index in [0.717, 1.165) is 19.4 Å². The van der Waals surface area contributed by atoms with Crippen molar-refractivity contribution >= 4 is 0 Å². The Kier molecular flexibility index (Phi) is 4.08. The van der Waals surface area contributed by atoms with Crippen LogP contribution in [0.2, 0.25) is 0 Å². The molecule has 100 valence electrons. The van der Waals surface area contributed by atoms with Crippen LogP contribution in [0.25, 0.3) is 0 Å². The Morgan fingerprint density at radius 2 is 1.94 bits per heavy atom. The summed E-state index contributed by atoms with van der Waals surface area (Å²) in [5.41, 5.74) is 10.3. The van der Waals surface area contributed by atoms with Crippen molar-refractivity contribution in [3.8, 4) is 0 Å². The van der Waals surface area contributed by atoms with Gasteiger partial charge in [0.05, 0.1) is 11.6 Å². The summed E-state index contributed by atoms with van der Waals surface area (Å²) in [6.07, 6.45) is 4.65. The first-order valence-electron chi connectivity index (χ1n) is 7.06. The minimum atomic E-state index is -0.132. The number of rotatable bonds is 4. The molecule has 2 nitrogen and oxygen atoms in total.